The normalized spacial score (nSPS) is 43.2. The summed E-state index contributed by atoms with van der Waals surface area (Å²) in [6.45, 7) is 22.5. The minimum Gasteiger partial charge on any atom is -0.459 e. The molecule has 0 saturated heterocycles. The lowest BCUT2D eigenvalue weighted by Gasteiger charge is -2.62. The monoisotopic (exact) mass is 1080 g/mol. The van der Waals surface area contributed by atoms with Gasteiger partial charge >= 0.3 is 35.8 Å². The number of rotatable bonds is 12. The van der Waals surface area contributed by atoms with Crippen LogP contribution in [0.25, 0.3) is 0 Å². The largest absolute Gasteiger partial charge is 0.459 e. The summed E-state index contributed by atoms with van der Waals surface area (Å²) in [5.74, 6) is 4.21. The molecule has 8 unspecified atom stereocenters. The Balaban J connectivity index is 0.000000133. The van der Waals surface area contributed by atoms with Crippen molar-refractivity contribution in [1.29, 1.82) is 0 Å². The molecule has 0 N–H and O–H groups in total. The summed E-state index contributed by atoms with van der Waals surface area (Å²) in [6, 6.07) is 0. The summed E-state index contributed by atoms with van der Waals surface area (Å²) in [7, 11) is 0. The van der Waals surface area contributed by atoms with E-state index in [0.717, 1.165) is 134 Å². The molecule has 0 aromatic rings. The van der Waals surface area contributed by atoms with Crippen LogP contribution in [-0.2, 0) is 57.2 Å². The van der Waals surface area contributed by atoms with Crippen LogP contribution in [0.3, 0.4) is 0 Å². The van der Waals surface area contributed by atoms with Gasteiger partial charge in [0, 0.05) is 35.5 Å². The maximum Gasteiger partial charge on any atom is 0.333 e. The zero-order chi connectivity index (χ0) is 54.7. The van der Waals surface area contributed by atoms with Gasteiger partial charge in [-0.2, -0.15) is 0 Å². The van der Waals surface area contributed by atoms with E-state index in [9.17, 15) is 28.8 Å². The minimum absolute atomic E-state index is 0. The van der Waals surface area contributed by atoms with Gasteiger partial charge in [0.1, 0.15) is 34.1 Å². The summed E-state index contributed by atoms with van der Waals surface area (Å²) in [5, 5.41) is 0. The lowest BCUT2D eigenvalue weighted by atomic mass is 9.47. The van der Waals surface area contributed by atoms with E-state index >= 15 is 0 Å². The summed E-state index contributed by atoms with van der Waals surface area (Å²) in [6.07, 6.45) is 28.3. The molecule has 0 spiro atoms. The molecule has 0 aromatic carbocycles. The minimum atomic E-state index is -0.482. The van der Waals surface area contributed by atoms with Gasteiger partial charge in [-0.25, -0.2) is 14.4 Å². The first-order valence-corrected chi connectivity index (χ1v) is 30.6. The first kappa shape index (κ1) is 57.3. The summed E-state index contributed by atoms with van der Waals surface area (Å²) in [4.78, 5) is 76.0. The van der Waals surface area contributed by atoms with Crippen molar-refractivity contribution in [2.75, 3.05) is 0 Å². The molecule has 16 aliphatic carbocycles. The summed E-state index contributed by atoms with van der Waals surface area (Å²) in [5.41, 5.74) is -1.39. The first-order valence-electron chi connectivity index (χ1n) is 30.6. The maximum atomic E-state index is 13.9. The number of carbonyl (C=O) groups is 6. The molecule has 8 atom stereocenters. The Labute approximate surface area is 466 Å². The van der Waals surface area contributed by atoms with E-state index in [2.05, 4.69) is 33.6 Å². The SMILES string of the molecule is C.C=C(C)C(=O)OC12CC3CC(C1)CC(C(=O)OC1(C)C4CC5CC(C4)CC1C5)(C3)C2.C=C(C)C(=O)OC12CC3CC(C1)CC(C(=O)OC1(C)CCCC1)(C3)C2.C=C(C)C(=O)OC1CC2CC(C(=O)OC3(C)CCCC3)C1C2. The van der Waals surface area contributed by atoms with Crippen LogP contribution in [0.5, 0.6) is 0 Å². The van der Waals surface area contributed by atoms with Gasteiger partial charge in [-0.05, 0) is 262 Å². The molecule has 12 nitrogen and oxygen atoms in total. The molecular formula is C66H96O12. The lowest BCUT2D eigenvalue weighted by molar-refractivity contribution is -0.236. The molecule has 0 aliphatic heterocycles. The van der Waals surface area contributed by atoms with Crippen LogP contribution in [0.1, 0.15) is 229 Å². The van der Waals surface area contributed by atoms with Crippen molar-refractivity contribution < 1.29 is 57.2 Å². The molecule has 14 bridgehead atoms. The Morgan fingerprint density at radius 1 is 0.423 bits per heavy atom. The van der Waals surface area contributed by atoms with Gasteiger partial charge in [-0.1, -0.05) is 27.2 Å². The predicted octanol–water partition coefficient (Wildman–Crippen LogP) is 13.6. The van der Waals surface area contributed by atoms with Gasteiger partial charge in [0.25, 0.3) is 0 Å². The van der Waals surface area contributed by atoms with Gasteiger partial charge in [0.15, 0.2) is 0 Å². The van der Waals surface area contributed by atoms with E-state index in [0.29, 0.717) is 71.0 Å². The van der Waals surface area contributed by atoms with Gasteiger partial charge < -0.3 is 28.4 Å². The van der Waals surface area contributed by atoms with Crippen LogP contribution in [-0.4, -0.2) is 69.9 Å². The van der Waals surface area contributed by atoms with Crippen molar-refractivity contribution in [2.45, 2.75) is 263 Å². The van der Waals surface area contributed by atoms with E-state index < -0.39 is 22.0 Å². The third-order valence-corrected chi connectivity index (χ3v) is 22.9. The molecule has 0 amide bonds. The highest BCUT2D eigenvalue weighted by atomic mass is 16.6. The Hall–Kier alpha value is -3.96. The van der Waals surface area contributed by atoms with Crippen LogP contribution < -0.4 is 0 Å². The highest BCUT2D eigenvalue weighted by Crippen LogP contribution is 2.66. The molecular weight excluding hydrogens is 985 g/mol. The highest BCUT2D eigenvalue weighted by Gasteiger charge is 2.66. The van der Waals surface area contributed by atoms with Crippen molar-refractivity contribution in [2.24, 2.45) is 75.9 Å². The molecule has 432 valence electrons. The molecule has 78 heavy (non-hydrogen) atoms. The fourth-order valence-corrected chi connectivity index (χ4v) is 20.3. The van der Waals surface area contributed by atoms with E-state index in [4.69, 9.17) is 28.4 Å². The van der Waals surface area contributed by atoms with E-state index in [1.54, 1.807) is 20.8 Å². The molecule has 16 aliphatic rings. The Morgan fingerprint density at radius 2 is 0.808 bits per heavy atom. The van der Waals surface area contributed by atoms with Crippen molar-refractivity contribution in [3.8, 4) is 0 Å². The smallest absolute Gasteiger partial charge is 0.333 e. The van der Waals surface area contributed by atoms with Crippen LogP contribution in [0.4, 0.5) is 0 Å². The number of ether oxygens (including phenoxy) is 6. The van der Waals surface area contributed by atoms with Gasteiger partial charge in [0.05, 0.1) is 16.7 Å². The topological polar surface area (TPSA) is 158 Å². The van der Waals surface area contributed by atoms with Crippen LogP contribution in [0.15, 0.2) is 36.5 Å². The molecule has 0 heterocycles. The molecule has 0 radical (unpaired) electrons. The Kier molecular flexibility index (Phi) is 15.3. The van der Waals surface area contributed by atoms with Crippen molar-refractivity contribution >= 4 is 35.8 Å². The molecule has 16 fully saturated rings. The Morgan fingerprint density at radius 3 is 1.22 bits per heavy atom. The quantitative estimate of drug-likeness (QED) is 0.104. The van der Waals surface area contributed by atoms with Gasteiger partial charge in [-0.3, -0.25) is 14.4 Å². The van der Waals surface area contributed by atoms with E-state index in [1.807, 2.05) is 6.92 Å². The third kappa shape index (κ3) is 10.9. The highest BCUT2D eigenvalue weighted by molar-refractivity contribution is 5.88. The second kappa shape index (κ2) is 20.8. The van der Waals surface area contributed by atoms with Crippen molar-refractivity contribution in [3.05, 3.63) is 36.5 Å². The molecule has 16 saturated carbocycles. The fraction of sp³-hybridized carbons (Fsp3) is 0.818. The maximum absolute atomic E-state index is 13.9. The fourth-order valence-electron chi connectivity index (χ4n) is 20.3. The predicted molar refractivity (Wildman–Crippen MR) is 295 cm³/mol. The van der Waals surface area contributed by atoms with E-state index in [1.165, 1.54) is 44.9 Å². The zero-order valence-corrected chi connectivity index (χ0v) is 47.7. The lowest BCUT2D eigenvalue weighted by Crippen LogP contribution is -2.63. The van der Waals surface area contributed by atoms with Crippen LogP contribution in [0, 0.1) is 75.9 Å². The number of hydrogen-bond acceptors (Lipinski definition) is 12. The first-order chi connectivity index (χ1) is 36.3. The molecule has 16 rings (SSSR count). The third-order valence-electron chi connectivity index (χ3n) is 22.9. The number of carbonyl (C=O) groups excluding carboxylic acids is 6. The zero-order valence-electron chi connectivity index (χ0n) is 47.7. The molecule has 12 heteroatoms. The summed E-state index contributed by atoms with van der Waals surface area (Å²) < 4.78 is 36.0. The number of esters is 6. The van der Waals surface area contributed by atoms with Crippen LogP contribution in [0.2, 0.25) is 0 Å². The van der Waals surface area contributed by atoms with Crippen molar-refractivity contribution in [3.63, 3.8) is 0 Å². The van der Waals surface area contributed by atoms with E-state index in [-0.39, 0.29) is 78.0 Å². The second-order valence-electron chi connectivity index (χ2n) is 29.8. The van der Waals surface area contributed by atoms with Crippen LogP contribution >= 0.6 is 0 Å². The number of hydrogen-bond donors (Lipinski definition) is 0. The van der Waals surface area contributed by atoms with Gasteiger partial charge in [0.2, 0.25) is 0 Å². The average molecular weight is 1080 g/mol. The van der Waals surface area contributed by atoms with Gasteiger partial charge in [-0.15, -0.1) is 0 Å². The summed E-state index contributed by atoms with van der Waals surface area (Å²) >= 11 is 0. The van der Waals surface area contributed by atoms with Crippen molar-refractivity contribution in [1.82, 2.24) is 0 Å². The number of fused-ring (bicyclic) bond motifs is 2. The standard InChI is InChI=1S/C26H36O4.C21H30O4.C18H26O4.CH4/c1-15(2)22(27)29-26-12-18-5-19(13-26)11-25(10-18,14-26)23(28)30-24(3)20-6-16-4-17(8-20)9-21(24)7-16;1-14(2)17(22)24-21-11-15-8-16(12-21)10-20(9-15,13-21)18(23)25-19(3)6-4-5-7-19;1-11(2)16(19)21-15-10-12-8-13(15)14(9-12)17(20)22-18(3)6-4-5-7-18;/h16-21H,1,4-14H2,2-3H3;15-16H,1,4-13H2,2-3H3;12-15H,1,4-10H2,2-3H3;1H4. The second-order valence-corrected chi connectivity index (χ2v) is 29.8. The molecule has 0 aromatic heterocycles. The Bertz CT molecular complexity index is 2380. The average Bonchev–Trinajstić information content (AvgIpc) is 4.25.